The Morgan fingerprint density at radius 3 is 1.17 bits per heavy atom. The van der Waals surface area contributed by atoms with E-state index in [1.165, 1.54) is 0 Å². The van der Waals surface area contributed by atoms with Gasteiger partial charge >= 0.3 is 0 Å². The van der Waals surface area contributed by atoms with Gasteiger partial charge in [0.2, 0.25) is 0 Å². The lowest BCUT2D eigenvalue weighted by atomic mass is 10.1. The first-order valence-electron chi connectivity index (χ1n) is 6.52. The summed E-state index contributed by atoms with van der Waals surface area (Å²) in [4.78, 5) is 20.1. The molecule has 6 heteroatoms. The second-order valence-electron chi connectivity index (χ2n) is 4.07. The van der Waals surface area contributed by atoms with Crippen molar-refractivity contribution in [2.45, 2.75) is 51.4 Å². The van der Waals surface area contributed by atoms with Gasteiger partial charge in [-0.05, 0) is 25.7 Å². The maximum atomic E-state index is 10.0. The molecular formula is C12H26N2O4. The van der Waals surface area contributed by atoms with Gasteiger partial charge in [0.25, 0.3) is 0 Å². The summed E-state index contributed by atoms with van der Waals surface area (Å²) in [5, 5.41) is 20.1. The Bertz CT molecular complexity index is 188. The predicted molar refractivity (Wildman–Crippen MR) is 62.5 cm³/mol. The molecule has 0 aliphatic carbocycles. The molecule has 6 N–H and O–H groups in total. The highest BCUT2D eigenvalue weighted by Gasteiger charge is 1.92. The van der Waals surface area contributed by atoms with Gasteiger partial charge in [-0.15, -0.1) is 0 Å². The molecule has 0 heterocycles. The minimum atomic E-state index is -0.998. The molecule has 0 bridgehead atoms. The van der Waals surface area contributed by atoms with Crippen LogP contribution in [0.3, 0.4) is 0 Å². The molecule has 0 radical (unpaired) electrons. The first-order valence-corrected chi connectivity index (χ1v) is 6.52. The van der Waals surface area contributed by atoms with E-state index in [-0.39, 0.29) is 12.8 Å². The zero-order chi connectivity index (χ0) is 14.2. The summed E-state index contributed by atoms with van der Waals surface area (Å²) in [5.74, 6) is -2.00. The van der Waals surface area contributed by atoms with Gasteiger partial charge in [0.15, 0.2) is 0 Å². The molecule has 0 fully saturated rings. The van der Waals surface area contributed by atoms with E-state index in [0.717, 1.165) is 38.8 Å². The van der Waals surface area contributed by atoms with Crippen LogP contribution in [0.2, 0.25) is 0 Å². The fraction of sp³-hybridized carbons (Fsp3) is 0.833. The van der Waals surface area contributed by atoms with Crippen LogP contribution in [0.15, 0.2) is 0 Å². The average Bonchev–Trinajstić information content (AvgIpc) is 2.32. The first-order chi connectivity index (χ1) is 8.54. The maximum Gasteiger partial charge on any atom is 0.124 e. The average molecular weight is 262 g/mol. The molecular weight excluding hydrogens is 236 g/mol. The molecule has 0 aromatic rings. The highest BCUT2D eigenvalue weighted by atomic mass is 16.4. The number of carboxylic acid groups (broad SMARTS) is 2. The van der Waals surface area contributed by atoms with Gasteiger partial charge in [-0.25, -0.2) is 0 Å². The monoisotopic (exact) mass is 262 g/mol. The zero-order valence-electron chi connectivity index (χ0n) is 11.1. The maximum absolute atomic E-state index is 10.0. The van der Waals surface area contributed by atoms with Crippen molar-refractivity contribution in [1.29, 1.82) is 0 Å². The Morgan fingerprint density at radius 1 is 0.667 bits per heavy atom. The van der Waals surface area contributed by atoms with Crippen LogP contribution in [-0.4, -0.2) is 25.0 Å². The fourth-order valence-corrected chi connectivity index (χ4v) is 1.25. The quantitative estimate of drug-likeness (QED) is 0.407. The van der Waals surface area contributed by atoms with Gasteiger partial charge in [0, 0.05) is 11.9 Å². The molecule has 0 unspecified atom stereocenters. The molecule has 108 valence electrons. The van der Waals surface area contributed by atoms with E-state index in [2.05, 4.69) is 11.5 Å². The third-order valence-electron chi connectivity index (χ3n) is 2.26. The minimum absolute atomic E-state index is 0.124. The molecule has 0 aromatic carbocycles. The van der Waals surface area contributed by atoms with E-state index in [4.69, 9.17) is 0 Å². The Kier molecular flexibility index (Phi) is 16.9. The number of rotatable bonds is 10. The topological polar surface area (TPSA) is 136 Å². The van der Waals surface area contributed by atoms with Gasteiger partial charge < -0.3 is 31.3 Å². The number of carbonyl (C=O) groups excluding carboxylic acids is 2. The lowest BCUT2D eigenvalue weighted by molar-refractivity contribution is -0.453. The third kappa shape index (κ3) is 24.2. The molecule has 0 aliphatic rings. The van der Waals surface area contributed by atoms with E-state index in [1.807, 2.05) is 0 Å². The van der Waals surface area contributed by atoms with Crippen LogP contribution < -0.4 is 21.7 Å². The SMILES string of the molecule is O=C([O-])CCCCCCCCC(=O)[O-].[NH3+]CC[NH3+]. The van der Waals surface area contributed by atoms with Gasteiger partial charge in [-0.3, -0.25) is 0 Å². The summed E-state index contributed by atoms with van der Waals surface area (Å²) >= 11 is 0. The van der Waals surface area contributed by atoms with Crippen LogP contribution >= 0.6 is 0 Å². The molecule has 6 nitrogen and oxygen atoms in total. The van der Waals surface area contributed by atoms with Crippen molar-refractivity contribution in [1.82, 2.24) is 0 Å². The van der Waals surface area contributed by atoms with Gasteiger partial charge in [0.05, 0.1) is 0 Å². The minimum Gasteiger partial charge on any atom is -0.550 e. The second kappa shape index (κ2) is 15.9. The number of quaternary nitrogens is 2. The van der Waals surface area contributed by atoms with Crippen LogP contribution in [0.25, 0.3) is 0 Å². The molecule has 0 atom stereocenters. The summed E-state index contributed by atoms with van der Waals surface area (Å²) in [6.07, 6.45) is 5.23. The van der Waals surface area contributed by atoms with Crippen molar-refractivity contribution < 1.29 is 31.3 Å². The van der Waals surface area contributed by atoms with Gasteiger partial charge in [-0.2, -0.15) is 0 Å². The predicted octanol–water partition coefficient (Wildman–Crippen LogP) is -2.92. The van der Waals surface area contributed by atoms with Crippen LogP contribution in [-0.2, 0) is 9.59 Å². The summed E-state index contributed by atoms with van der Waals surface area (Å²) in [5.41, 5.74) is 7.08. The number of carbonyl (C=O) groups is 2. The normalized spacial score (nSPS) is 9.44. The number of aliphatic carboxylic acids is 2. The first kappa shape index (κ1) is 19.2. The highest BCUT2D eigenvalue weighted by Crippen LogP contribution is 2.07. The molecule has 0 aliphatic heterocycles. The molecule has 0 aromatic heterocycles. The Hall–Kier alpha value is -1.14. The van der Waals surface area contributed by atoms with Crippen molar-refractivity contribution >= 4 is 11.9 Å². The molecule has 0 spiro atoms. The smallest absolute Gasteiger partial charge is 0.124 e. The second-order valence-corrected chi connectivity index (χ2v) is 4.07. The summed E-state index contributed by atoms with van der Waals surface area (Å²) in [6.45, 7) is 1.92. The molecule has 0 saturated heterocycles. The summed E-state index contributed by atoms with van der Waals surface area (Å²) in [6, 6.07) is 0. The van der Waals surface area contributed by atoms with E-state index >= 15 is 0 Å². The molecule has 18 heavy (non-hydrogen) atoms. The standard InChI is InChI=1S/C10H18O4.C2H8N2/c11-9(12)7-5-3-1-2-4-6-8-10(13)14;3-1-2-4/h1-8H2,(H,11,12)(H,13,14);1-4H2. The van der Waals surface area contributed by atoms with Crippen molar-refractivity contribution in [3.05, 3.63) is 0 Å². The van der Waals surface area contributed by atoms with Crippen molar-refractivity contribution in [2.75, 3.05) is 13.1 Å². The van der Waals surface area contributed by atoms with Crippen LogP contribution in [0.5, 0.6) is 0 Å². The Balaban J connectivity index is 0. The van der Waals surface area contributed by atoms with Crippen LogP contribution in [0.4, 0.5) is 0 Å². The van der Waals surface area contributed by atoms with Gasteiger partial charge in [0.1, 0.15) is 13.1 Å². The lowest BCUT2D eigenvalue weighted by Crippen LogP contribution is -2.64. The van der Waals surface area contributed by atoms with E-state index in [1.54, 1.807) is 0 Å². The van der Waals surface area contributed by atoms with Crippen molar-refractivity contribution in [3.63, 3.8) is 0 Å². The number of hydrogen-bond acceptors (Lipinski definition) is 4. The zero-order valence-corrected chi connectivity index (χ0v) is 11.1. The number of unbranched alkanes of at least 4 members (excludes halogenated alkanes) is 5. The van der Waals surface area contributed by atoms with Crippen molar-refractivity contribution in [2.24, 2.45) is 0 Å². The van der Waals surface area contributed by atoms with E-state index in [9.17, 15) is 19.8 Å². The number of carboxylic acids is 2. The van der Waals surface area contributed by atoms with Crippen LogP contribution in [0.1, 0.15) is 51.4 Å². The van der Waals surface area contributed by atoms with Crippen molar-refractivity contribution in [3.8, 4) is 0 Å². The highest BCUT2D eigenvalue weighted by molar-refractivity contribution is 5.64. The Labute approximate surface area is 108 Å². The summed E-state index contributed by atoms with van der Waals surface area (Å²) in [7, 11) is 0. The van der Waals surface area contributed by atoms with Crippen LogP contribution in [0, 0.1) is 0 Å². The van der Waals surface area contributed by atoms with E-state index in [0.29, 0.717) is 12.8 Å². The number of hydrogen-bond donors (Lipinski definition) is 2. The largest absolute Gasteiger partial charge is 0.550 e. The molecule has 0 amide bonds. The fourth-order valence-electron chi connectivity index (χ4n) is 1.25. The van der Waals surface area contributed by atoms with Gasteiger partial charge in [-0.1, -0.05) is 25.7 Å². The third-order valence-corrected chi connectivity index (χ3v) is 2.26. The Morgan fingerprint density at radius 2 is 0.944 bits per heavy atom. The van der Waals surface area contributed by atoms with E-state index < -0.39 is 11.9 Å². The lowest BCUT2D eigenvalue weighted by Gasteiger charge is -2.03. The summed E-state index contributed by atoms with van der Waals surface area (Å²) < 4.78 is 0. The molecule has 0 saturated carbocycles. The molecule has 0 rings (SSSR count).